The number of rotatable bonds is 11. The minimum Gasteiger partial charge on any atom is -0.480 e. The van der Waals surface area contributed by atoms with Gasteiger partial charge in [0, 0.05) is 13.0 Å². The van der Waals surface area contributed by atoms with Crippen LogP contribution in [-0.4, -0.2) is 41.8 Å². The molecule has 0 bridgehead atoms. The molecule has 0 saturated heterocycles. The third-order valence-corrected chi connectivity index (χ3v) is 2.57. The van der Waals surface area contributed by atoms with E-state index in [-0.39, 0.29) is 19.1 Å². The first-order valence-corrected chi connectivity index (χ1v) is 7.37. The summed E-state index contributed by atoms with van der Waals surface area (Å²) in [4.78, 5) is 21.3. The van der Waals surface area contributed by atoms with E-state index in [1.165, 1.54) is 32.1 Å². The van der Waals surface area contributed by atoms with Crippen molar-refractivity contribution >= 4 is 11.9 Å². The maximum absolute atomic E-state index is 11.1. The van der Waals surface area contributed by atoms with E-state index in [0.717, 1.165) is 12.8 Å². The normalized spacial score (nSPS) is 9.55. The molecular weight excluding hydrogens is 260 g/mol. The minimum absolute atomic E-state index is 0.0972. The molecule has 120 valence electrons. The molecule has 0 aromatic heterocycles. The summed E-state index contributed by atoms with van der Waals surface area (Å²) < 4.78 is 0. The molecule has 0 fully saturated rings. The topological polar surface area (TPSA) is 113 Å². The molecule has 0 rings (SSSR count). The Morgan fingerprint density at radius 3 is 2.00 bits per heavy atom. The summed E-state index contributed by atoms with van der Waals surface area (Å²) in [6.45, 7) is 2.39. The zero-order valence-corrected chi connectivity index (χ0v) is 12.6. The summed E-state index contributed by atoms with van der Waals surface area (Å²) in [7, 11) is 0. The van der Waals surface area contributed by atoms with Crippen molar-refractivity contribution in [2.75, 3.05) is 19.7 Å². The lowest BCUT2D eigenvalue weighted by molar-refractivity contribution is -0.137. The fourth-order valence-electron chi connectivity index (χ4n) is 1.51. The van der Waals surface area contributed by atoms with Gasteiger partial charge in [-0.25, -0.2) is 0 Å². The Labute approximate surface area is 121 Å². The van der Waals surface area contributed by atoms with Gasteiger partial charge in [-0.2, -0.15) is 0 Å². The lowest BCUT2D eigenvalue weighted by Gasteiger charge is -2.02. The number of nitrogens with one attached hydrogen (secondary N) is 1. The lowest BCUT2D eigenvalue weighted by Crippen LogP contribution is -2.28. The van der Waals surface area contributed by atoms with Crippen molar-refractivity contribution in [3.63, 3.8) is 0 Å². The molecule has 0 aromatic rings. The monoisotopic (exact) mass is 290 g/mol. The second kappa shape index (κ2) is 17.9. The van der Waals surface area contributed by atoms with Crippen molar-refractivity contribution < 1.29 is 19.8 Å². The largest absolute Gasteiger partial charge is 0.480 e. The number of hydrogen-bond acceptors (Lipinski definition) is 4. The van der Waals surface area contributed by atoms with Gasteiger partial charge in [0.25, 0.3) is 0 Å². The Morgan fingerprint density at radius 2 is 1.55 bits per heavy atom. The van der Waals surface area contributed by atoms with Crippen LogP contribution in [0.25, 0.3) is 0 Å². The SMILES string of the molecule is CCCCCCCCCC(=O)NCC(=O)O.NCCO. The number of amides is 1. The molecule has 0 atom stereocenters. The van der Waals surface area contributed by atoms with Crippen LogP contribution in [0.3, 0.4) is 0 Å². The number of hydrogen-bond donors (Lipinski definition) is 4. The minimum atomic E-state index is -0.993. The molecule has 0 aliphatic rings. The Morgan fingerprint density at radius 1 is 1.05 bits per heavy atom. The number of aliphatic hydroxyl groups is 1. The van der Waals surface area contributed by atoms with Crippen LogP contribution in [0.5, 0.6) is 0 Å². The van der Waals surface area contributed by atoms with Gasteiger partial charge >= 0.3 is 5.97 Å². The van der Waals surface area contributed by atoms with Gasteiger partial charge in [-0.15, -0.1) is 0 Å². The third-order valence-electron chi connectivity index (χ3n) is 2.57. The maximum atomic E-state index is 11.1. The summed E-state index contributed by atoms with van der Waals surface area (Å²) in [5.74, 6) is -1.15. The number of carboxylic acid groups (broad SMARTS) is 1. The van der Waals surface area contributed by atoms with Crippen LogP contribution in [0, 0.1) is 0 Å². The van der Waals surface area contributed by atoms with Crippen LogP contribution in [0.2, 0.25) is 0 Å². The van der Waals surface area contributed by atoms with Crippen LogP contribution in [0.1, 0.15) is 58.3 Å². The van der Waals surface area contributed by atoms with E-state index in [9.17, 15) is 9.59 Å². The molecule has 5 N–H and O–H groups in total. The first-order chi connectivity index (χ1) is 9.58. The molecule has 0 heterocycles. The summed E-state index contributed by atoms with van der Waals surface area (Å²) in [6.07, 6.45) is 8.60. The fraction of sp³-hybridized carbons (Fsp3) is 0.857. The van der Waals surface area contributed by atoms with Gasteiger partial charge in [-0.1, -0.05) is 45.4 Å². The van der Waals surface area contributed by atoms with Gasteiger partial charge < -0.3 is 21.3 Å². The molecule has 6 heteroatoms. The van der Waals surface area contributed by atoms with Crippen molar-refractivity contribution in [2.45, 2.75) is 58.3 Å². The van der Waals surface area contributed by atoms with Crippen molar-refractivity contribution in [3.8, 4) is 0 Å². The molecular formula is C14H30N2O4. The molecule has 0 aliphatic carbocycles. The number of unbranched alkanes of at least 4 members (excludes halogenated alkanes) is 6. The molecule has 0 spiro atoms. The van der Waals surface area contributed by atoms with E-state index < -0.39 is 5.97 Å². The zero-order chi connectivity index (χ0) is 15.6. The third kappa shape index (κ3) is 22.1. The van der Waals surface area contributed by atoms with Crippen LogP contribution in [0.15, 0.2) is 0 Å². The van der Waals surface area contributed by atoms with E-state index >= 15 is 0 Å². The quantitative estimate of drug-likeness (QED) is 0.428. The van der Waals surface area contributed by atoms with Gasteiger partial charge in [0.15, 0.2) is 0 Å². The van der Waals surface area contributed by atoms with E-state index in [1.807, 2.05) is 0 Å². The number of carboxylic acids is 1. The number of aliphatic carboxylic acids is 1. The van der Waals surface area contributed by atoms with Crippen LogP contribution >= 0.6 is 0 Å². The summed E-state index contributed by atoms with van der Waals surface area (Å²) in [5, 5.41) is 18.4. The molecule has 0 aromatic carbocycles. The van der Waals surface area contributed by atoms with Gasteiger partial charge in [-0.05, 0) is 6.42 Å². The predicted molar refractivity (Wildman–Crippen MR) is 79.4 cm³/mol. The summed E-state index contributed by atoms with van der Waals surface area (Å²) in [6, 6.07) is 0. The van der Waals surface area contributed by atoms with Crippen LogP contribution < -0.4 is 11.1 Å². The van der Waals surface area contributed by atoms with Crippen molar-refractivity contribution in [1.82, 2.24) is 5.32 Å². The molecule has 0 aliphatic heterocycles. The van der Waals surface area contributed by atoms with E-state index in [1.54, 1.807) is 0 Å². The first-order valence-electron chi connectivity index (χ1n) is 7.37. The highest BCUT2D eigenvalue weighted by atomic mass is 16.4. The highest BCUT2D eigenvalue weighted by Crippen LogP contribution is 2.08. The number of nitrogens with two attached hydrogens (primary N) is 1. The highest BCUT2D eigenvalue weighted by Gasteiger charge is 2.02. The predicted octanol–water partition coefficient (Wildman–Crippen LogP) is 1.27. The maximum Gasteiger partial charge on any atom is 0.322 e. The smallest absolute Gasteiger partial charge is 0.322 e. The second-order valence-electron chi connectivity index (χ2n) is 4.55. The van der Waals surface area contributed by atoms with Gasteiger partial charge in [-0.3, -0.25) is 9.59 Å². The van der Waals surface area contributed by atoms with Gasteiger partial charge in [0.05, 0.1) is 6.61 Å². The fourth-order valence-corrected chi connectivity index (χ4v) is 1.51. The Kier molecular flexibility index (Phi) is 18.9. The molecule has 0 saturated carbocycles. The molecule has 6 nitrogen and oxygen atoms in total. The van der Waals surface area contributed by atoms with E-state index in [4.69, 9.17) is 15.9 Å². The average Bonchev–Trinajstić information content (AvgIpc) is 2.44. The summed E-state index contributed by atoms with van der Waals surface area (Å²) >= 11 is 0. The Hall–Kier alpha value is -1.14. The van der Waals surface area contributed by atoms with Crippen molar-refractivity contribution in [1.29, 1.82) is 0 Å². The Balaban J connectivity index is 0. The van der Waals surface area contributed by atoms with E-state index in [2.05, 4.69) is 12.2 Å². The molecule has 20 heavy (non-hydrogen) atoms. The zero-order valence-electron chi connectivity index (χ0n) is 12.6. The second-order valence-corrected chi connectivity index (χ2v) is 4.55. The summed E-state index contributed by atoms with van der Waals surface area (Å²) in [5.41, 5.74) is 4.78. The van der Waals surface area contributed by atoms with E-state index in [0.29, 0.717) is 13.0 Å². The first kappa shape index (κ1) is 21.2. The standard InChI is InChI=1S/C12H23NO3.C2H7NO/c1-2-3-4-5-6-7-8-9-11(14)13-10-12(15)16;3-1-2-4/h2-10H2,1H3,(H,13,14)(H,15,16);4H,1-3H2. The van der Waals surface area contributed by atoms with Crippen LogP contribution in [0.4, 0.5) is 0 Å². The Bertz CT molecular complexity index is 233. The average molecular weight is 290 g/mol. The molecule has 0 radical (unpaired) electrons. The van der Waals surface area contributed by atoms with Crippen molar-refractivity contribution in [3.05, 3.63) is 0 Å². The molecule has 1 amide bonds. The van der Waals surface area contributed by atoms with Crippen molar-refractivity contribution in [2.24, 2.45) is 5.73 Å². The van der Waals surface area contributed by atoms with Gasteiger partial charge in [0.1, 0.15) is 6.54 Å². The van der Waals surface area contributed by atoms with Crippen LogP contribution in [-0.2, 0) is 9.59 Å². The van der Waals surface area contributed by atoms with Gasteiger partial charge in [0.2, 0.25) is 5.91 Å². The number of carbonyl (C=O) groups is 2. The highest BCUT2D eigenvalue weighted by molar-refractivity contribution is 5.80. The number of aliphatic hydroxyl groups excluding tert-OH is 1. The number of carbonyl (C=O) groups excluding carboxylic acids is 1. The molecule has 0 unspecified atom stereocenters. The lowest BCUT2D eigenvalue weighted by atomic mass is 10.1.